The molecule has 0 radical (unpaired) electrons. The van der Waals surface area contributed by atoms with Crippen molar-refractivity contribution in [2.45, 2.75) is 57.8 Å². The van der Waals surface area contributed by atoms with Gasteiger partial charge in [0.25, 0.3) is 0 Å². The molecule has 1 heterocycles. The average molecular weight is 648 g/mol. The summed E-state index contributed by atoms with van der Waals surface area (Å²) in [7, 11) is 7.95. The van der Waals surface area contributed by atoms with E-state index >= 15 is 0 Å². The van der Waals surface area contributed by atoms with Crippen molar-refractivity contribution in [3.05, 3.63) is 76.9 Å². The van der Waals surface area contributed by atoms with Crippen molar-refractivity contribution < 1.29 is 9.59 Å². The Labute approximate surface area is 275 Å². The second kappa shape index (κ2) is 16.6. The summed E-state index contributed by atoms with van der Waals surface area (Å²) in [5.41, 5.74) is 4.77. The Morgan fingerprint density at radius 3 is 2.24 bits per heavy atom. The van der Waals surface area contributed by atoms with E-state index in [1.807, 2.05) is 93.4 Å². The standard InChI is InChI=1S/C34H45N7O2S2/c1-7-23(2)35-33(36-30(42)20-24-11-9-15-28(18-24)40(3)4)44-22-26-13-8-14-27(17-26)32-38-39-34(45-32)37-31(43)21-25-12-10-16-29(19-25)41(5)6/h9-12,15-16,18-19,26-27H,2,7-8,13-14,17,20-22H2,1,3-6H3,(H,35,36,42)(H,37,39,43). The van der Waals surface area contributed by atoms with E-state index in [0.717, 1.165) is 64.6 Å². The number of amidine groups is 1. The van der Waals surface area contributed by atoms with E-state index in [4.69, 9.17) is 0 Å². The summed E-state index contributed by atoms with van der Waals surface area (Å²) < 4.78 is 0. The molecule has 3 aromatic rings. The van der Waals surface area contributed by atoms with Crippen LogP contribution in [0.2, 0.25) is 0 Å². The number of aliphatic imine (C=N–C) groups is 1. The molecule has 2 N–H and O–H groups in total. The number of hydrogen-bond donors (Lipinski definition) is 2. The molecule has 9 nitrogen and oxygen atoms in total. The molecular weight excluding hydrogens is 603 g/mol. The molecular formula is C34H45N7O2S2. The number of nitrogens with one attached hydrogen (secondary N) is 2. The third-order valence-corrected chi connectivity index (χ3v) is 9.88. The molecule has 2 atom stereocenters. The lowest BCUT2D eigenvalue weighted by molar-refractivity contribution is -0.119. The summed E-state index contributed by atoms with van der Waals surface area (Å²) in [6, 6.07) is 16.0. The van der Waals surface area contributed by atoms with Crippen molar-refractivity contribution in [1.82, 2.24) is 15.5 Å². The maximum Gasteiger partial charge on any atom is 0.230 e. The van der Waals surface area contributed by atoms with E-state index in [2.05, 4.69) is 32.4 Å². The number of anilines is 3. The van der Waals surface area contributed by atoms with Crippen LogP contribution in [0.3, 0.4) is 0 Å². The number of thioether (sulfide) groups is 1. The molecule has 1 aliphatic carbocycles. The van der Waals surface area contributed by atoms with Crippen LogP contribution in [0.25, 0.3) is 0 Å². The van der Waals surface area contributed by atoms with Gasteiger partial charge >= 0.3 is 0 Å². The number of benzene rings is 2. The van der Waals surface area contributed by atoms with Gasteiger partial charge in [0.1, 0.15) is 5.01 Å². The first kappa shape index (κ1) is 34.2. The number of carbonyl (C=O) groups excluding carboxylic acids is 2. The Hall–Kier alpha value is -3.70. The predicted octanol–water partition coefficient (Wildman–Crippen LogP) is 6.50. The number of hydrogen-bond acceptors (Lipinski definition) is 9. The van der Waals surface area contributed by atoms with Crippen LogP contribution < -0.4 is 20.4 Å². The lowest BCUT2D eigenvalue weighted by atomic mass is 9.83. The van der Waals surface area contributed by atoms with Crippen molar-refractivity contribution in [2.24, 2.45) is 10.9 Å². The number of carbonyl (C=O) groups is 2. The van der Waals surface area contributed by atoms with Crippen molar-refractivity contribution in [1.29, 1.82) is 0 Å². The molecule has 240 valence electrons. The van der Waals surface area contributed by atoms with Crippen LogP contribution in [-0.4, -0.2) is 61.1 Å². The summed E-state index contributed by atoms with van der Waals surface area (Å²) in [6.45, 7) is 6.04. The van der Waals surface area contributed by atoms with Crippen molar-refractivity contribution in [2.75, 3.05) is 49.1 Å². The third-order valence-electron chi connectivity index (χ3n) is 7.77. The van der Waals surface area contributed by atoms with Crippen LogP contribution in [0.4, 0.5) is 16.5 Å². The van der Waals surface area contributed by atoms with Crippen molar-refractivity contribution >= 4 is 56.6 Å². The lowest BCUT2D eigenvalue weighted by Crippen LogP contribution is -2.31. The van der Waals surface area contributed by atoms with Gasteiger partial charge in [-0.1, -0.05) is 67.3 Å². The Morgan fingerprint density at radius 1 is 0.978 bits per heavy atom. The highest BCUT2D eigenvalue weighted by atomic mass is 32.2. The van der Waals surface area contributed by atoms with Crippen LogP contribution in [0.1, 0.15) is 61.1 Å². The van der Waals surface area contributed by atoms with Crippen LogP contribution in [0, 0.1) is 5.92 Å². The van der Waals surface area contributed by atoms with E-state index in [1.54, 1.807) is 11.8 Å². The molecule has 4 rings (SSSR count). The molecule has 0 spiro atoms. The highest BCUT2D eigenvalue weighted by Gasteiger charge is 2.27. The van der Waals surface area contributed by atoms with Gasteiger partial charge in [0.15, 0.2) is 5.17 Å². The average Bonchev–Trinajstić information content (AvgIpc) is 3.48. The topological polar surface area (TPSA) is 103 Å². The fourth-order valence-electron chi connectivity index (χ4n) is 5.22. The molecule has 11 heteroatoms. The van der Waals surface area contributed by atoms with Crippen LogP contribution >= 0.6 is 23.1 Å². The van der Waals surface area contributed by atoms with E-state index in [-0.39, 0.29) is 24.7 Å². The molecule has 2 amide bonds. The zero-order chi connectivity index (χ0) is 32.3. The quantitative estimate of drug-likeness (QED) is 0.171. The van der Waals surface area contributed by atoms with Gasteiger partial charge in [0.05, 0.1) is 12.8 Å². The minimum atomic E-state index is -0.0977. The van der Waals surface area contributed by atoms with Gasteiger partial charge in [-0.25, -0.2) is 4.99 Å². The van der Waals surface area contributed by atoms with Gasteiger partial charge in [-0.2, -0.15) is 0 Å². The van der Waals surface area contributed by atoms with Crippen LogP contribution in [0.15, 0.2) is 65.8 Å². The maximum atomic E-state index is 13.0. The van der Waals surface area contributed by atoms with Gasteiger partial charge in [-0.15, -0.1) is 10.2 Å². The molecule has 0 aliphatic heterocycles. The molecule has 2 unspecified atom stereocenters. The smallest absolute Gasteiger partial charge is 0.230 e. The first-order chi connectivity index (χ1) is 21.6. The molecule has 0 saturated heterocycles. The fourth-order valence-corrected chi connectivity index (χ4v) is 7.20. The van der Waals surface area contributed by atoms with E-state index in [1.165, 1.54) is 11.3 Å². The van der Waals surface area contributed by atoms with E-state index in [0.29, 0.717) is 28.6 Å². The van der Waals surface area contributed by atoms with Crippen molar-refractivity contribution in [3.63, 3.8) is 0 Å². The third kappa shape index (κ3) is 10.7. The Morgan fingerprint density at radius 2 is 1.62 bits per heavy atom. The second-order valence-corrected chi connectivity index (χ2v) is 13.9. The predicted molar refractivity (Wildman–Crippen MR) is 190 cm³/mol. The van der Waals surface area contributed by atoms with Crippen LogP contribution in [0.5, 0.6) is 0 Å². The fraction of sp³-hybridized carbons (Fsp3) is 0.441. The minimum Gasteiger partial charge on any atom is -0.378 e. The largest absolute Gasteiger partial charge is 0.378 e. The van der Waals surface area contributed by atoms with E-state index in [9.17, 15) is 9.59 Å². The van der Waals surface area contributed by atoms with E-state index < -0.39 is 0 Å². The maximum absolute atomic E-state index is 13.0. The Balaban J connectivity index is 1.30. The zero-order valence-electron chi connectivity index (χ0n) is 27.0. The zero-order valence-corrected chi connectivity index (χ0v) is 28.6. The van der Waals surface area contributed by atoms with Gasteiger partial charge < -0.3 is 20.4 Å². The Kier molecular flexibility index (Phi) is 12.6. The van der Waals surface area contributed by atoms with Gasteiger partial charge in [-0.3, -0.25) is 9.59 Å². The first-order valence-electron chi connectivity index (χ1n) is 15.4. The highest BCUT2D eigenvalue weighted by Crippen LogP contribution is 2.39. The summed E-state index contributed by atoms with van der Waals surface area (Å²) >= 11 is 3.06. The highest BCUT2D eigenvalue weighted by molar-refractivity contribution is 8.13. The summed E-state index contributed by atoms with van der Waals surface area (Å²) in [6.07, 6.45) is 5.54. The Bertz CT molecular complexity index is 1500. The number of allylic oxidation sites excluding steroid dienone is 1. The van der Waals surface area contributed by atoms with Gasteiger partial charge in [0.2, 0.25) is 16.9 Å². The molecule has 2 aromatic carbocycles. The lowest BCUT2D eigenvalue weighted by Gasteiger charge is -2.27. The van der Waals surface area contributed by atoms with Gasteiger partial charge in [0, 0.05) is 56.9 Å². The van der Waals surface area contributed by atoms with Crippen LogP contribution in [-0.2, 0) is 22.4 Å². The molecule has 1 fully saturated rings. The molecule has 45 heavy (non-hydrogen) atoms. The SMILES string of the molecule is C=C(CC)N=C(NC(=O)Cc1cccc(N(C)C)c1)SCC1CCCC(c2nnc(NC(=O)Cc3cccc(N(C)C)c3)s2)C1. The van der Waals surface area contributed by atoms with Crippen molar-refractivity contribution in [3.8, 4) is 0 Å². The molecule has 1 aliphatic rings. The first-order valence-corrected chi connectivity index (χ1v) is 17.2. The molecule has 0 bridgehead atoms. The number of rotatable bonds is 12. The molecule has 1 saturated carbocycles. The summed E-state index contributed by atoms with van der Waals surface area (Å²) in [5, 5.41) is 16.8. The summed E-state index contributed by atoms with van der Waals surface area (Å²) in [4.78, 5) is 34.4. The summed E-state index contributed by atoms with van der Waals surface area (Å²) in [5.74, 6) is 1.41. The number of amides is 2. The number of nitrogens with zero attached hydrogens (tertiary/aromatic N) is 5. The minimum absolute atomic E-state index is 0.0866. The molecule has 1 aromatic heterocycles. The normalized spacial score (nSPS) is 16.6. The number of aromatic nitrogens is 2. The van der Waals surface area contributed by atoms with Gasteiger partial charge in [-0.05, 0) is 67.0 Å². The second-order valence-electron chi connectivity index (χ2n) is 11.9. The monoisotopic (exact) mass is 647 g/mol.